The lowest BCUT2D eigenvalue weighted by Gasteiger charge is -2.15. The van der Waals surface area contributed by atoms with Gasteiger partial charge in [0.05, 0.1) is 5.57 Å². The minimum absolute atomic E-state index is 0.0895. The Morgan fingerprint density at radius 1 is 0.944 bits per heavy atom. The first-order valence-corrected chi connectivity index (χ1v) is 5.61. The maximum Gasteiger partial charge on any atom is 0.353 e. The van der Waals surface area contributed by atoms with Crippen LogP contribution in [0.2, 0.25) is 0 Å². The van der Waals surface area contributed by atoms with Gasteiger partial charge in [0.1, 0.15) is 5.03 Å². The van der Waals surface area contributed by atoms with Crippen molar-refractivity contribution in [2.45, 2.75) is 5.79 Å². The first-order chi connectivity index (χ1) is 8.60. The number of rotatable bonds is 1. The van der Waals surface area contributed by atoms with Crippen LogP contribution in [0.25, 0.3) is 5.57 Å². The summed E-state index contributed by atoms with van der Waals surface area (Å²) in [6, 6.07) is 8.99. The average molecular weight is 263 g/mol. The molecule has 4 nitrogen and oxygen atoms in total. The largest absolute Gasteiger partial charge is 0.411 e. The highest BCUT2D eigenvalue weighted by atomic mass is 35.5. The SMILES string of the molecule is O=C1OC2(C=C1Cl)C=C(c1ccccc1)C(=O)O2. The summed E-state index contributed by atoms with van der Waals surface area (Å²) in [4.78, 5) is 23.0. The second-order valence-corrected chi connectivity index (χ2v) is 4.32. The molecule has 1 aromatic rings. The van der Waals surface area contributed by atoms with Crippen molar-refractivity contribution in [3.63, 3.8) is 0 Å². The molecular weight excluding hydrogens is 256 g/mol. The summed E-state index contributed by atoms with van der Waals surface area (Å²) >= 11 is 5.64. The summed E-state index contributed by atoms with van der Waals surface area (Å²) in [7, 11) is 0. The van der Waals surface area contributed by atoms with Gasteiger partial charge in [0.25, 0.3) is 0 Å². The summed E-state index contributed by atoms with van der Waals surface area (Å²) in [5.74, 6) is -2.72. The molecule has 90 valence electrons. The van der Waals surface area contributed by atoms with E-state index in [9.17, 15) is 9.59 Å². The molecule has 0 radical (unpaired) electrons. The minimum atomic E-state index is -1.48. The Balaban J connectivity index is 2.03. The van der Waals surface area contributed by atoms with Gasteiger partial charge in [-0.25, -0.2) is 9.59 Å². The van der Waals surface area contributed by atoms with Gasteiger partial charge in [-0.05, 0) is 5.56 Å². The van der Waals surface area contributed by atoms with Crippen molar-refractivity contribution in [1.29, 1.82) is 0 Å². The normalized spacial score (nSPS) is 25.8. The molecule has 0 aliphatic carbocycles. The van der Waals surface area contributed by atoms with Crippen LogP contribution in [0.5, 0.6) is 0 Å². The number of esters is 2. The van der Waals surface area contributed by atoms with Crippen LogP contribution in [-0.2, 0) is 19.1 Å². The van der Waals surface area contributed by atoms with E-state index in [4.69, 9.17) is 21.1 Å². The van der Waals surface area contributed by atoms with E-state index in [1.807, 2.05) is 6.07 Å². The first kappa shape index (κ1) is 11.0. The quantitative estimate of drug-likeness (QED) is 0.727. The molecule has 1 unspecified atom stereocenters. The van der Waals surface area contributed by atoms with E-state index in [0.717, 1.165) is 0 Å². The second kappa shape index (κ2) is 3.71. The van der Waals surface area contributed by atoms with Crippen LogP contribution in [0, 0.1) is 0 Å². The van der Waals surface area contributed by atoms with Crippen molar-refractivity contribution < 1.29 is 19.1 Å². The van der Waals surface area contributed by atoms with Crippen molar-refractivity contribution in [3.8, 4) is 0 Å². The van der Waals surface area contributed by atoms with E-state index >= 15 is 0 Å². The van der Waals surface area contributed by atoms with Crippen molar-refractivity contribution in [2.75, 3.05) is 0 Å². The molecule has 1 aromatic carbocycles. The zero-order valence-corrected chi connectivity index (χ0v) is 9.81. The van der Waals surface area contributed by atoms with Crippen LogP contribution in [0.4, 0.5) is 0 Å². The second-order valence-electron chi connectivity index (χ2n) is 3.92. The van der Waals surface area contributed by atoms with Gasteiger partial charge in [-0.15, -0.1) is 0 Å². The van der Waals surface area contributed by atoms with Crippen molar-refractivity contribution >= 4 is 29.1 Å². The molecule has 5 heteroatoms. The van der Waals surface area contributed by atoms with Crippen LogP contribution in [0.1, 0.15) is 5.56 Å². The predicted octanol–water partition coefficient (Wildman–Crippen LogP) is 2.00. The van der Waals surface area contributed by atoms with E-state index < -0.39 is 17.7 Å². The molecule has 2 heterocycles. The highest BCUT2D eigenvalue weighted by Crippen LogP contribution is 2.38. The molecule has 0 aromatic heterocycles. The fourth-order valence-electron chi connectivity index (χ4n) is 1.89. The van der Waals surface area contributed by atoms with Crippen molar-refractivity contribution in [2.24, 2.45) is 0 Å². The monoisotopic (exact) mass is 262 g/mol. The van der Waals surface area contributed by atoms with Crippen molar-refractivity contribution in [3.05, 3.63) is 53.1 Å². The third-order valence-corrected chi connectivity index (χ3v) is 2.94. The molecule has 1 atom stereocenters. The maximum absolute atomic E-state index is 11.8. The smallest absolute Gasteiger partial charge is 0.353 e. The Morgan fingerprint density at radius 2 is 1.61 bits per heavy atom. The molecule has 2 aliphatic rings. The number of halogens is 1. The summed E-state index contributed by atoms with van der Waals surface area (Å²) < 4.78 is 10.0. The van der Waals surface area contributed by atoms with Gasteiger partial charge in [-0.3, -0.25) is 0 Å². The third kappa shape index (κ3) is 1.62. The molecule has 0 amide bonds. The van der Waals surface area contributed by atoms with Crippen LogP contribution in [0.3, 0.4) is 0 Å². The van der Waals surface area contributed by atoms with Gasteiger partial charge >= 0.3 is 17.7 Å². The lowest BCUT2D eigenvalue weighted by Crippen LogP contribution is -2.27. The fraction of sp³-hybridized carbons (Fsp3) is 0.0769. The third-order valence-electron chi connectivity index (χ3n) is 2.68. The lowest BCUT2D eigenvalue weighted by molar-refractivity contribution is -0.181. The Kier molecular flexibility index (Phi) is 2.28. The van der Waals surface area contributed by atoms with Gasteiger partial charge < -0.3 is 9.47 Å². The highest BCUT2D eigenvalue weighted by molar-refractivity contribution is 6.42. The van der Waals surface area contributed by atoms with Gasteiger partial charge in [0, 0.05) is 12.2 Å². The molecule has 3 rings (SSSR count). The summed E-state index contributed by atoms with van der Waals surface area (Å²) in [6.45, 7) is 0. The van der Waals surface area contributed by atoms with Crippen LogP contribution >= 0.6 is 11.6 Å². The maximum atomic E-state index is 11.8. The van der Waals surface area contributed by atoms with Crippen molar-refractivity contribution in [1.82, 2.24) is 0 Å². The molecule has 0 bridgehead atoms. The van der Waals surface area contributed by atoms with Gasteiger partial charge in [-0.1, -0.05) is 41.9 Å². The van der Waals surface area contributed by atoms with Crippen LogP contribution in [-0.4, -0.2) is 17.7 Å². The van der Waals surface area contributed by atoms with E-state index in [1.165, 1.54) is 12.2 Å². The van der Waals surface area contributed by atoms with E-state index in [0.29, 0.717) is 11.1 Å². The molecule has 0 N–H and O–H groups in total. The zero-order chi connectivity index (χ0) is 12.8. The van der Waals surface area contributed by atoms with Gasteiger partial charge in [-0.2, -0.15) is 0 Å². The predicted molar refractivity (Wildman–Crippen MR) is 63.3 cm³/mol. The molecule has 2 aliphatic heterocycles. The lowest BCUT2D eigenvalue weighted by atomic mass is 10.1. The van der Waals surface area contributed by atoms with Gasteiger partial charge in [0.15, 0.2) is 0 Å². The summed E-state index contributed by atoms with van der Waals surface area (Å²) in [5, 5.41) is -0.0895. The van der Waals surface area contributed by atoms with Gasteiger partial charge in [0.2, 0.25) is 0 Å². The first-order valence-electron chi connectivity index (χ1n) is 5.23. The minimum Gasteiger partial charge on any atom is -0.411 e. The summed E-state index contributed by atoms with van der Waals surface area (Å²) in [5.41, 5.74) is 1.05. The van der Waals surface area contributed by atoms with E-state index in [1.54, 1.807) is 24.3 Å². The number of carbonyl (C=O) groups excluding carboxylic acids is 2. The zero-order valence-electron chi connectivity index (χ0n) is 9.05. The molecule has 18 heavy (non-hydrogen) atoms. The number of ether oxygens (including phenoxy) is 2. The molecular formula is C13H7ClO4. The van der Waals surface area contributed by atoms with Crippen LogP contribution < -0.4 is 0 Å². The average Bonchev–Trinajstić information content (AvgIpc) is 2.80. The topological polar surface area (TPSA) is 52.6 Å². The number of hydrogen-bond acceptors (Lipinski definition) is 4. The van der Waals surface area contributed by atoms with E-state index in [-0.39, 0.29) is 5.03 Å². The molecule has 0 fully saturated rings. The van der Waals surface area contributed by atoms with Crippen LogP contribution in [0.15, 0.2) is 47.5 Å². The summed E-state index contributed by atoms with van der Waals surface area (Å²) in [6.07, 6.45) is 2.74. The number of benzene rings is 1. The Hall–Kier alpha value is -2.07. The Labute approximate surface area is 107 Å². The number of carbonyl (C=O) groups is 2. The Bertz CT molecular complexity index is 603. The molecule has 0 saturated heterocycles. The molecule has 1 spiro atoms. The Morgan fingerprint density at radius 3 is 2.22 bits per heavy atom. The highest BCUT2D eigenvalue weighted by Gasteiger charge is 2.47. The number of hydrogen-bond donors (Lipinski definition) is 0. The van der Waals surface area contributed by atoms with E-state index in [2.05, 4.69) is 0 Å². The fourth-order valence-corrected chi connectivity index (χ4v) is 2.08. The molecule has 0 saturated carbocycles. The standard InChI is InChI=1S/C13H7ClO4/c14-10-7-13(18-12(10)16)6-9(11(15)17-13)8-4-2-1-3-5-8/h1-7H.